The van der Waals surface area contributed by atoms with Crippen LogP contribution in [0.3, 0.4) is 0 Å². The Morgan fingerprint density at radius 1 is 1.33 bits per heavy atom. The number of rotatable bonds is 5. The molecule has 0 radical (unpaired) electrons. The molecule has 0 fully saturated rings. The topological polar surface area (TPSA) is 93.2 Å². The van der Waals surface area contributed by atoms with Gasteiger partial charge in [-0.1, -0.05) is 6.07 Å². The Morgan fingerprint density at radius 3 is 2.86 bits per heavy atom. The minimum atomic E-state index is -0.531. The van der Waals surface area contributed by atoms with E-state index >= 15 is 0 Å². The van der Waals surface area contributed by atoms with Crippen LogP contribution in [0.2, 0.25) is 0 Å². The number of benzene rings is 1. The summed E-state index contributed by atoms with van der Waals surface area (Å²) in [5, 5.41) is 2.71. The molecule has 2 rings (SSSR count). The van der Waals surface area contributed by atoms with Gasteiger partial charge in [0.15, 0.2) is 0 Å². The minimum absolute atomic E-state index is 0.114. The summed E-state index contributed by atoms with van der Waals surface area (Å²) >= 11 is 0. The fourth-order valence-electron chi connectivity index (χ4n) is 1.77. The normalized spacial score (nSPS) is 10.1. The highest BCUT2D eigenvalue weighted by Crippen LogP contribution is 2.16. The zero-order valence-corrected chi connectivity index (χ0v) is 11.5. The maximum absolute atomic E-state index is 11.8. The first-order valence-electron chi connectivity index (χ1n) is 6.32. The van der Waals surface area contributed by atoms with Crippen molar-refractivity contribution in [1.82, 2.24) is 9.55 Å². The highest BCUT2D eigenvalue weighted by molar-refractivity contribution is 5.90. The molecule has 0 saturated carbocycles. The Morgan fingerprint density at radius 2 is 2.14 bits per heavy atom. The molecular weight excluding hydrogens is 274 g/mol. The number of anilines is 1. The quantitative estimate of drug-likeness (QED) is 0.841. The predicted octanol–water partition coefficient (Wildman–Crippen LogP) is 0.574. The van der Waals surface area contributed by atoms with Crippen molar-refractivity contribution in [2.24, 2.45) is 0 Å². The number of aryl methyl sites for hydroxylation is 1. The van der Waals surface area contributed by atoms with Crippen molar-refractivity contribution in [3.63, 3.8) is 0 Å². The van der Waals surface area contributed by atoms with E-state index in [-0.39, 0.29) is 18.9 Å². The molecule has 7 nitrogen and oxygen atoms in total. The monoisotopic (exact) mass is 289 g/mol. The van der Waals surface area contributed by atoms with Gasteiger partial charge in [0.05, 0.1) is 7.11 Å². The molecular formula is C14H15N3O4. The largest absolute Gasteiger partial charge is 0.497 e. The molecule has 21 heavy (non-hydrogen) atoms. The molecule has 1 aromatic carbocycles. The lowest BCUT2D eigenvalue weighted by atomic mass is 10.3. The molecule has 2 aromatic rings. The van der Waals surface area contributed by atoms with Crippen LogP contribution in [0.25, 0.3) is 0 Å². The lowest BCUT2D eigenvalue weighted by molar-refractivity contribution is -0.116. The van der Waals surface area contributed by atoms with Crippen molar-refractivity contribution in [3.05, 3.63) is 57.4 Å². The van der Waals surface area contributed by atoms with E-state index < -0.39 is 11.2 Å². The molecule has 7 heteroatoms. The summed E-state index contributed by atoms with van der Waals surface area (Å²) in [6.07, 6.45) is 1.48. The van der Waals surface area contributed by atoms with Crippen molar-refractivity contribution in [2.45, 2.75) is 13.0 Å². The van der Waals surface area contributed by atoms with Crippen molar-refractivity contribution < 1.29 is 9.53 Å². The molecule has 1 heterocycles. The van der Waals surface area contributed by atoms with Gasteiger partial charge in [-0.05, 0) is 12.1 Å². The summed E-state index contributed by atoms with van der Waals surface area (Å²) < 4.78 is 6.33. The maximum Gasteiger partial charge on any atom is 0.328 e. The van der Waals surface area contributed by atoms with Crippen LogP contribution in [-0.4, -0.2) is 22.6 Å². The number of methoxy groups -OCH3 is 1. The standard InChI is InChI=1S/C14H15N3O4/c1-21-11-4-2-3-10(9-11)15-12(18)5-7-17-8-6-13(19)16-14(17)20/h2-4,6,8-9H,5,7H2,1H3,(H,15,18)(H,16,19,20). The molecule has 1 amide bonds. The van der Waals surface area contributed by atoms with E-state index in [1.165, 1.54) is 16.8 Å². The van der Waals surface area contributed by atoms with Gasteiger partial charge in [-0.3, -0.25) is 14.6 Å². The SMILES string of the molecule is COc1cccc(NC(=O)CCn2ccc(=O)[nH]c2=O)c1. The van der Waals surface area contributed by atoms with E-state index in [2.05, 4.69) is 10.3 Å². The number of nitrogens with zero attached hydrogens (tertiary/aromatic N) is 1. The van der Waals surface area contributed by atoms with E-state index in [0.29, 0.717) is 11.4 Å². The molecule has 0 atom stereocenters. The lowest BCUT2D eigenvalue weighted by Gasteiger charge is -2.07. The second-order valence-corrected chi connectivity index (χ2v) is 4.33. The Labute approximate surface area is 120 Å². The van der Waals surface area contributed by atoms with E-state index in [1.54, 1.807) is 31.4 Å². The molecule has 0 aliphatic rings. The van der Waals surface area contributed by atoms with Gasteiger partial charge >= 0.3 is 5.69 Å². The number of hydrogen-bond acceptors (Lipinski definition) is 4. The number of hydrogen-bond donors (Lipinski definition) is 2. The summed E-state index contributed by atoms with van der Waals surface area (Å²) in [5.41, 5.74) is -0.373. The molecule has 0 bridgehead atoms. The van der Waals surface area contributed by atoms with Crippen molar-refractivity contribution in [3.8, 4) is 5.75 Å². The fraction of sp³-hybridized carbons (Fsp3) is 0.214. The number of ether oxygens (including phenoxy) is 1. The molecule has 0 unspecified atom stereocenters. The Hall–Kier alpha value is -2.83. The van der Waals surface area contributed by atoms with Crippen molar-refractivity contribution in [2.75, 3.05) is 12.4 Å². The Kier molecular flexibility index (Phi) is 4.55. The van der Waals surface area contributed by atoms with Gasteiger partial charge in [0, 0.05) is 37.0 Å². The minimum Gasteiger partial charge on any atom is -0.497 e. The first kappa shape index (κ1) is 14.6. The van der Waals surface area contributed by atoms with Crippen LogP contribution in [0.4, 0.5) is 5.69 Å². The molecule has 0 aliphatic carbocycles. The number of aromatic nitrogens is 2. The number of carbonyl (C=O) groups excluding carboxylic acids is 1. The van der Waals surface area contributed by atoms with Crippen LogP contribution in [0.5, 0.6) is 5.75 Å². The van der Waals surface area contributed by atoms with Crippen LogP contribution < -0.4 is 21.3 Å². The molecule has 1 aromatic heterocycles. The third-order valence-corrected chi connectivity index (χ3v) is 2.83. The average molecular weight is 289 g/mol. The van der Waals surface area contributed by atoms with E-state index in [9.17, 15) is 14.4 Å². The van der Waals surface area contributed by atoms with Gasteiger partial charge in [-0.25, -0.2) is 4.79 Å². The van der Waals surface area contributed by atoms with Crippen LogP contribution in [0.15, 0.2) is 46.1 Å². The molecule has 2 N–H and O–H groups in total. The second kappa shape index (κ2) is 6.56. The van der Waals surface area contributed by atoms with Crippen LogP contribution in [0.1, 0.15) is 6.42 Å². The molecule has 0 aliphatic heterocycles. The summed E-state index contributed by atoms with van der Waals surface area (Å²) in [7, 11) is 1.55. The zero-order chi connectivity index (χ0) is 15.2. The highest BCUT2D eigenvalue weighted by atomic mass is 16.5. The first-order valence-corrected chi connectivity index (χ1v) is 6.32. The maximum atomic E-state index is 11.8. The first-order chi connectivity index (χ1) is 10.1. The van der Waals surface area contributed by atoms with Crippen molar-refractivity contribution in [1.29, 1.82) is 0 Å². The number of carbonyl (C=O) groups is 1. The summed E-state index contributed by atoms with van der Waals surface area (Å²) in [6.45, 7) is 0.186. The smallest absolute Gasteiger partial charge is 0.328 e. The molecule has 0 spiro atoms. The number of H-pyrrole nitrogens is 1. The van der Waals surface area contributed by atoms with E-state index in [1.807, 2.05) is 0 Å². The summed E-state index contributed by atoms with van der Waals surface area (Å²) in [4.78, 5) is 36.3. The highest BCUT2D eigenvalue weighted by Gasteiger charge is 2.05. The summed E-state index contributed by atoms with van der Waals surface area (Å²) in [5.74, 6) is 0.408. The molecule has 110 valence electrons. The molecule has 0 saturated heterocycles. The van der Waals surface area contributed by atoms with E-state index in [0.717, 1.165) is 0 Å². The Bertz CT molecular complexity index is 748. The number of aromatic amines is 1. The van der Waals surface area contributed by atoms with Gasteiger partial charge in [0.25, 0.3) is 5.56 Å². The number of amides is 1. The predicted molar refractivity (Wildman–Crippen MR) is 77.6 cm³/mol. The Balaban J connectivity index is 1.95. The van der Waals surface area contributed by atoms with Gasteiger partial charge in [-0.15, -0.1) is 0 Å². The van der Waals surface area contributed by atoms with Crippen LogP contribution in [0, 0.1) is 0 Å². The number of nitrogens with one attached hydrogen (secondary N) is 2. The lowest BCUT2D eigenvalue weighted by Crippen LogP contribution is -2.29. The van der Waals surface area contributed by atoms with Gasteiger partial charge in [0.1, 0.15) is 5.75 Å². The third kappa shape index (κ3) is 4.07. The average Bonchev–Trinajstić information content (AvgIpc) is 2.46. The van der Waals surface area contributed by atoms with Crippen molar-refractivity contribution >= 4 is 11.6 Å². The summed E-state index contributed by atoms with van der Waals surface area (Å²) in [6, 6.07) is 8.22. The fourth-order valence-corrected chi connectivity index (χ4v) is 1.77. The second-order valence-electron chi connectivity index (χ2n) is 4.33. The van der Waals surface area contributed by atoms with Gasteiger partial charge in [0.2, 0.25) is 5.91 Å². The zero-order valence-electron chi connectivity index (χ0n) is 11.5. The van der Waals surface area contributed by atoms with E-state index in [4.69, 9.17) is 4.74 Å². The van der Waals surface area contributed by atoms with Crippen LogP contribution in [-0.2, 0) is 11.3 Å². The van der Waals surface area contributed by atoms with Gasteiger partial charge in [-0.2, -0.15) is 0 Å². The van der Waals surface area contributed by atoms with Gasteiger partial charge < -0.3 is 14.6 Å². The van der Waals surface area contributed by atoms with Crippen LogP contribution >= 0.6 is 0 Å². The third-order valence-electron chi connectivity index (χ3n) is 2.83.